The number of nitrogens with one attached hydrogen (secondary N) is 2. The monoisotopic (exact) mass is 301 g/mol. The van der Waals surface area contributed by atoms with Crippen LogP contribution >= 0.6 is 0 Å². The maximum Gasteiger partial charge on any atom is 0.315 e. The summed E-state index contributed by atoms with van der Waals surface area (Å²) in [6.45, 7) is 1.02. The van der Waals surface area contributed by atoms with Gasteiger partial charge in [-0.15, -0.1) is 0 Å². The van der Waals surface area contributed by atoms with E-state index in [1.807, 2.05) is 45.5 Å². The molecule has 6 nitrogen and oxygen atoms in total. The Morgan fingerprint density at radius 1 is 1.27 bits per heavy atom. The van der Waals surface area contributed by atoms with Gasteiger partial charge in [0.2, 0.25) is 0 Å². The molecule has 0 radical (unpaired) electrons. The molecule has 0 spiro atoms. The minimum Gasteiger partial charge on any atom is -0.336 e. The smallest absolute Gasteiger partial charge is 0.315 e. The largest absolute Gasteiger partial charge is 0.336 e. The Kier molecular flexibility index (Phi) is 5.55. The lowest BCUT2D eigenvalue weighted by molar-refractivity contribution is 0.232. The lowest BCUT2D eigenvalue weighted by atomic mass is 10.1. The van der Waals surface area contributed by atoms with Gasteiger partial charge < -0.3 is 15.5 Å². The average Bonchev–Trinajstić information content (AvgIpc) is 2.92. The van der Waals surface area contributed by atoms with Crippen molar-refractivity contribution in [2.45, 2.75) is 12.6 Å². The molecule has 0 fully saturated rings. The maximum atomic E-state index is 11.9. The van der Waals surface area contributed by atoms with Gasteiger partial charge in [0.15, 0.2) is 0 Å². The molecule has 0 aliphatic heterocycles. The maximum absolute atomic E-state index is 11.9. The van der Waals surface area contributed by atoms with Crippen molar-refractivity contribution >= 4 is 6.03 Å². The lowest BCUT2D eigenvalue weighted by Crippen LogP contribution is -2.40. The lowest BCUT2D eigenvalue weighted by Gasteiger charge is -2.25. The Labute approximate surface area is 131 Å². The molecule has 2 aromatic rings. The highest BCUT2D eigenvalue weighted by Gasteiger charge is 2.14. The van der Waals surface area contributed by atoms with Crippen LogP contribution in [0, 0.1) is 0 Å². The predicted octanol–water partition coefficient (Wildman–Crippen LogP) is 1.52. The van der Waals surface area contributed by atoms with Gasteiger partial charge in [-0.3, -0.25) is 4.68 Å². The van der Waals surface area contributed by atoms with Gasteiger partial charge in [0, 0.05) is 31.9 Å². The van der Waals surface area contributed by atoms with E-state index in [1.165, 1.54) is 5.56 Å². The number of hydrogen-bond acceptors (Lipinski definition) is 3. The molecule has 0 aliphatic rings. The summed E-state index contributed by atoms with van der Waals surface area (Å²) in [4.78, 5) is 14.0. The first-order valence-electron chi connectivity index (χ1n) is 7.27. The molecule has 2 amide bonds. The Morgan fingerprint density at radius 2 is 2.00 bits per heavy atom. The highest BCUT2D eigenvalue weighted by Crippen LogP contribution is 2.16. The standard InChI is InChI=1S/C16H23N5O/c1-20(2)15(14-7-5-4-6-8-14)11-18-16(22)17-9-13-10-19-21(3)12-13/h4-8,10,12,15H,9,11H2,1-3H3,(H2,17,18,22)/t15-/m1/s1. The molecule has 1 atom stereocenters. The van der Waals surface area contributed by atoms with Gasteiger partial charge in [0.1, 0.15) is 0 Å². The van der Waals surface area contributed by atoms with Gasteiger partial charge >= 0.3 is 6.03 Å². The first-order valence-corrected chi connectivity index (χ1v) is 7.27. The van der Waals surface area contributed by atoms with Crippen LogP contribution in [0.3, 0.4) is 0 Å². The normalized spacial score (nSPS) is 12.2. The van der Waals surface area contributed by atoms with E-state index >= 15 is 0 Å². The molecule has 2 rings (SSSR count). The molecular weight excluding hydrogens is 278 g/mol. The Bertz CT molecular complexity index is 594. The van der Waals surface area contributed by atoms with Crippen molar-refractivity contribution in [2.24, 2.45) is 7.05 Å². The first-order chi connectivity index (χ1) is 10.6. The van der Waals surface area contributed by atoms with Crippen LogP contribution in [-0.4, -0.2) is 41.4 Å². The third kappa shape index (κ3) is 4.60. The predicted molar refractivity (Wildman–Crippen MR) is 86.3 cm³/mol. The van der Waals surface area contributed by atoms with E-state index in [-0.39, 0.29) is 12.1 Å². The number of aromatic nitrogens is 2. The summed E-state index contributed by atoms with van der Waals surface area (Å²) in [5.41, 5.74) is 2.16. The summed E-state index contributed by atoms with van der Waals surface area (Å²) >= 11 is 0. The second-order valence-electron chi connectivity index (χ2n) is 5.48. The van der Waals surface area contributed by atoms with Crippen LogP contribution in [-0.2, 0) is 13.6 Å². The van der Waals surface area contributed by atoms with Crippen LogP contribution in [0.4, 0.5) is 4.79 Å². The fraction of sp³-hybridized carbons (Fsp3) is 0.375. The van der Waals surface area contributed by atoms with Crippen LogP contribution in [0.2, 0.25) is 0 Å². The molecule has 0 bridgehead atoms. The Morgan fingerprint density at radius 3 is 2.59 bits per heavy atom. The second-order valence-corrected chi connectivity index (χ2v) is 5.48. The number of rotatable bonds is 6. The number of urea groups is 1. The number of nitrogens with zero attached hydrogens (tertiary/aromatic N) is 3. The first kappa shape index (κ1) is 16.0. The van der Waals surface area contributed by atoms with Crippen LogP contribution in [0.15, 0.2) is 42.7 Å². The van der Waals surface area contributed by atoms with Crippen molar-refractivity contribution in [1.29, 1.82) is 0 Å². The molecule has 1 heterocycles. The fourth-order valence-electron chi connectivity index (χ4n) is 2.27. The summed E-state index contributed by atoms with van der Waals surface area (Å²) in [5.74, 6) is 0. The summed E-state index contributed by atoms with van der Waals surface area (Å²) < 4.78 is 1.71. The number of amides is 2. The molecule has 0 unspecified atom stereocenters. The molecule has 1 aromatic heterocycles. The molecule has 118 valence electrons. The SMILES string of the molecule is CN(C)[C@H](CNC(=O)NCc1cnn(C)c1)c1ccccc1. The zero-order chi connectivity index (χ0) is 15.9. The Hall–Kier alpha value is -2.34. The Balaban J connectivity index is 1.83. The van der Waals surface area contributed by atoms with Crippen molar-refractivity contribution in [2.75, 3.05) is 20.6 Å². The van der Waals surface area contributed by atoms with Gasteiger partial charge in [-0.05, 0) is 19.7 Å². The van der Waals surface area contributed by atoms with E-state index in [9.17, 15) is 4.79 Å². The molecule has 0 saturated carbocycles. The zero-order valence-electron chi connectivity index (χ0n) is 13.3. The molecule has 6 heteroatoms. The fourth-order valence-corrected chi connectivity index (χ4v) is 2.27. The van der Waals surface area contributed by atoms with E-state index in [0.29, 0.717) is 13.1 Å². The summed E-state index contributed by atoms with van der Waals surface area (Å²) in [6.07, 6.45) is 3.62. The van der Waals surface area contributed by atoms with Gasteiger partial charge in [0.25, 0.3) is 0 Å². The van der Waals surface area contributed by atoms with Crippen molar-refractivity contribution < 1.29 is 4.79 Å². The minimum absolute atomic E-state index is 0.144. The average molecular weight is 301 g/mol. The molecular formula is C16H23N5O. The highest BCUT2D eigenvalue weighted by atomic mass is 16.2. The number of carbonyl (C=O) groups is 1. The second kappa shape index (κ2) is 7.61. The third-order valence-electron chi connectivity index (χ3n) is 3.48. The molecule has 1 aromatic carbocycles. The van der Waals surface area contributed by atoms with Crippen LogP contribution in [0.1, 0.15) is 17.2 Å². The summed E-state index contributed by atoms with van der Waals surface area (Å²) in [6, 6.07) is 10.1. The number of carbonyl (C=O) groups excluding carboxylic acids is 1. The van der Waals surface area contributed by atoms with E-state index in [2.05, 4.69) is 32.8 Å². The minimum atomic E-state index is -0.174. The summed E-state index contributed by atoms with van der Waals surface area (Å²) in [7, 11) is 5.87. The number of aryl methyl sites for hydroxylation is 1. The van der Waals surface area contributed by atoms with Gasteiger partial charge in [0.05, 0.1) is 12.2 Å². The van der Waals surface area contributed by atoms with E-state index in [0.717, 1.165) is 5.56 Å². The van der Waals surface area contributed by atoms with Crippen LogP contribution in [0.25, 0.3) is 0 Å². The van der Waals surface area contributed by atoms with Gasteiger partial charge in [-0.1, -0.05) is 30.3 Å². The van der Waals surface area contributed by atoms with Gasteiger partial charge in [-0.25, -0.2) is 4.79 Å². The quantitative estimate of drug-likeness (QED) is 0.850. The molecule has 0 aliphatic carbocycles. The van der Waals surface area contributed by atoms with E-state index in [4.69, 9.17) is 0 Å². The number of likely N-dealkylation sites (N-methyl/N-ethyl adjacent to an activating group) is 1. The van der Waals surface area contributed by atoms with E-state index in [1.54, 1.807) is 10.9 Å². The van der Waals surface area contributed by atoms with Crippen molar-refractivity contribution in [3.63, 3.8) is 0 Å². The van der Waals surface area contributed by atoms with Crippen LogP contribution < -0.4 is 10.6 Å². The molecule has 22 heavy (non-hydrogen) atoms. The van der Waals surface area contributed by atoms with Crippen LogP contribution in [0.5, 0.6) is 0 Å². The highest BCUT2D eigenvalue weighted by molar-refractivity contribution is 5.73. The molecule has 0 saturated heterocycles. The van der Waals surface area contributed by atoms with E-state index < -0.39 is 0 Å². The molecule has 2 N–H and O–H groups in total. The topological polar surface area (TPSA) is 62.2 Å². The van der Waals surface area contributed by atoms with Crippen molar-refractivity contribution in [3.8, 4) is 0 Å². The van der Waals surface area contributed by atoms with Crippen molar-refractivity contribution in [1.82, 2.24) is 25.3 Å². The third-order valence-corrected chi connectivity index (χ3v) is 3.48. The summed E-state index contributed by atoms with van der Waals surface area (Å²) in [5, 5.41) is 9.83. The number of hydrogen-bond donors (Lipinski definition) is 2. The zero-order valence-corrected chi connectivity index (χ0v) is 13.3. The number of benzene rings is 1. The van der Waals surface area contributed by atoms with Gasteiger partial charge in [-0.2, -0.15) is 5.10 Å². The van der Waals surface area contributed by atoms with Crippen molar-refractivity contribution in [3.05, 3.63) is 53.9 Å².